The molecule has 1 heterocycles. The molecule has 0 spiro atoms. The van der Waals surface area contributed by atoms with Crippen LogP contribution in [-0.4, -0.2) is 29.7 Å². The number of carbonyl (C=O) groups is 2. The number of oxime groups is 1. The van der Waals surface area contributed by atoms with E-state index in [1.54, 1.807) is 6.92 Å². The number of rotatable bonds is 3. The minimum Gasteiger partial charge on any atom is -0.461 e. The third-order valence-electron chi connectivity index (χ3n) is 3.84. The van der Waals surface area contributed by atoms with Gasteiger partial charge in [-0.25, -0.2) is 4.79 Å². The largest absolute Gasteiger partial charge is 0.461 e. The lowest BCUT2D eigenvalue weighted by molar-refractivity contribution is -0.135. The standard InChI is InChI=1S/C14H19NO4/c1-4-18-13(17)11-8-14(3,19-15-11)10-6-5-9(2)12(16)7-10/h5,10H,4,6-8H2,1-3H3/t10-,14?/m1/s1. The molecule has 1 aliphatic heterocycles. The number of hydrogen-bond donors (Lipinski definition) is 0. The summed E-state index contributed by atoms with van der Waals surface area (Å²) in [5.74, 6) is -0.231. The molecule has 1 unspecified atom stereocenters. The van der Waals surface area contributed by atoms with Crippen LogP contribution in [0, 0.1) is 5.92 Å². The zero-order chi connectivity index (χ0) is 14.0. The van der Waals surface area contributed by atoms with Gasteiger partial charge in [0.2, 0.25) is 0 Å². The summed E-state index contributed by atoms with van der Waals surface area (Å²) >= 11 is 0. The first kappa shape index (κ1) is 13.8. The second-order valence-corrected chi connectivity index (χ2v) is 5.29. The number of ketones is 1. The Hall–Kier alpha value is -1.65. The van der Waals surface area contributed by atoms with Crippen molar-refractivity contribution in [1.29, 1.82) is 0 Å². The van der Waals surface area contributed by atoms with E-state index < -0.39 is 11.6 Å². The van der Waals surface area contributed by atoms with Gasteiger partial charge in [0.05, 0.1) is 6.61 Å². The third kappa shape index (κ3) is 2.69. The minimum absolute atomic E-state index is 0.0550. The Balaban J connectivity index is 2.04. The van der Waals surface area contributed by atoms with Crippen molar-refractivity contribution in [3.05, 3.63) is 11.6 Å². The third-order valence-corrected chi connectivity index (χ3v) is 3.84. The van der Waals surface area contributed by atoms with Gasteiger partial charge in [0.25, 0.3) is 0 Å². The molecule has 0 saturated heterocycles. The van der Waals surface area contributed by atoms with Gasteiger partial charge in [0, 0.05) is 18.8 Å². The predicted molar refractivity (Wildman–Crippen MR) is 69.7 cm³/mol. The van der Waals surface area contributed by atoms with Gasteiger partial charge in [-0.3, -0.25) is 4.79 Å². The molecule has 1 aliphatic carbocycles. The number of nitrogens with zero attached hydrogens (tertiary/aromatic N) is 1. The maximum absolute atomic E-state index is 11.8. The Bertz CT molecular complexity index is 466. The average Bonchev–Trinajstić information content (AvgIpc) is 2.77. The van der Waals surface area contributed by atoms with Gasteiger partial charge in [-0.05, 0) is 32.8 Å². The molecule has 0 saturated carbocycles. The maximum atomic E-state index is 11.8. The van der Waals surface area contributed by atoms with E-state index >= 15 is 0 Å². The highest BCUT2D eigenvalue weighted by molar-refractivity contribution is 6.36. The van der Waals surface area contributed by atoms with Crippen LogP contribution in [0.5, 0.6) is 0 Å². The fraction of sp³-hybridized carbons (Fsp3) is 0.643. The monoisotopic (exact) mass is 265 g/mol. The molecule has 0 aromatic rings. The molecule has 0 amide bonds. The fourth-order valence-electron chi connectivity index (χ4n) is 2.47. The number of esters is 1. The molecule has 104 valence electrons. The van der Waals surface area contributed by atoms with E-state index in [0.717, 1.165) is 12.0 Å². The predicted octanol–water partition coefficient (Wildman–Crippen LogP) is 2.01. The summed E-state index contributed by atoms with van der Waals surface area (Å²) in [5, 5.41) is 3.84. The number of carbonyl (C=O) groups excluding carboxylic acids is 2. The summed E-state index contributed by atoms with van der Waals surface area (Å²) in [5.41, 5.74) is 0.530. The van der Waals surface area contributed by atoms with Crippen molar-refractivity contribution in [3.8, 4) is 0 Å². The lowest BCUT2D eigenvalue weighted by atomic mass is 9.76. The van der Waals surface area contributed by atoms with Gasteiger partial charge in [0.1, 0.15) is 5.60 Å². The van der Waals surface area contributed by atoms with Gasteiger partial charge in [-0.15, -0.1) is 0 Å². The van der Waals surface area contributed by atoms with Gasteiger partial charge < -0.3 is 9.57 Å². The number of hydrogen-bond acceptors (Lipinski definition) is 5. The van der Waals surface area contributed by atoms with Crippen LogP contribution in [0.15, 0.2) is 16.8 Å². The fourth-order valence-corrected chi connectivity index (χ4v) is 2.47. The zero-order valence-corrected chi connectivity index (χ0v) is 11.6. The molecule has 5 nitrogen and oxygen atoms in total. The summed E-state index contributed by atoms with van der Waals surface area (Å²) in [4.78, 5) is 28.8. The van der Waals surface area contributed by atoms with Crippen LogP contribution < -0.4 is 0 Å². The molecular formula is C14H19NO4. The molecule has 5 heteroatoms. The second kappa shape index (κ2) is 5.15. The van der Waals surface area contributed by atoms with Crippen molar-refractivity contribution in [1.82, 2.24) is 0 Å². The smallest absolute Gasteiger partial charge is 0.356 e. The van der Waals surface area contributed by atoms with Gasteiger partial charge >= 0.3 is 5.97 Å². The maximum Gasteiger partial charge on any atom is 0.356 e. The quantitative estimate of drug-likeness (QED) is 0.732. The number of allylic oxidation sites excluding steroid dienone is 2. The van der Waals surface area contributed by atoms with Crippen LogP contribution in [0.2, 0.25) is 0 Å². The first-order chi connectivity index (χ1) is 8.96. The van der Waals surface area contributed by atoms with Crippen LogP contribution in [-0.2, 0) is 19.2 Å². The van der Waals surface area contributed by atoms with Crippen LogP contribution in [0.1, 0.15) is 40.0 Å². The van der Waals surface area contributed by atoms with Gasteiger partial charge in [0.15, 0.2) is 11.5 Å². The molecular weight excluding hydrogens is 246 g/mol. The van der Waals surface area contributed by atoms with E-state index in [-0.39, 0.29) is 11.7 Å². The summed E-state index contributed by atoms with van der Waals surface area (Å²) < 4.78 is 4.92. The summed E-state index contributed by atoms with van der Waals surface area (Å²) in [7, 11) is 0. The molecule has 0 bridgehead atoms. The topological polar surface area (TPSA) is 65.0 Å². The number of Topliss-reactive ketones (excluding diaryl/α,β-unsaturated/α-hetero) is 1. The van der Waals surface area contributed by atoms with E-state index in [1.807, 2.05) is 19.9 Å². The molecule has 0 fully saturated rings. The van der Waals surface area contributed by atoms with Crippen molar-refractivity contribution in [3.63, 3.8) is 0 Å². The Morgan fingerprint density at radius 1 is 1.63 bits per heavy atom. The minimum atomic E-state index is -0.588. The first-order valence-corrected chi connectivity index (χ1v) is 6.58. The lowest BCUT2D eigenvalue weighted by Gasteiger charge is -2.32. The lowest BCUT2D eigenvalue weighted by Crippen LogP contribution is -2.38. The molecule has 2 aliphatic rings. The van der Waals surface area contributed by atoms with E-state index in [1.165, 1.54) is 0 Å². The highest BCUT2D eigenvalue weighted by Crippen LogP contribution is 2.38. The van der Waals surface area contributed by atoms with E-state index in [0.29, 0.717) is 25.2 Å². The van der Waals surface area contributed by atoms with Gasteiger partial charge in [-0.1, -0.05) is 11.2 Å². The van der Waals surface area contributed by atoms with Crippen molar-refractivity contribution in [2.24, 2.45) is 11.1 Å². The van der Waals surface area contributed by atoms with E-state index in [2.05, 4.69) is 5.16 Å². The van der Waals surface area contributed by atoms with Crippen LogP contribution >= 0.6 is 0 Å². The average molecular weight is 265 g/mol. The second-order valence-electron chi connectivity index (χ2n) is 5.29. The Kier molecular flexibility index (Phi) is 3.73. The van der Waals surface area contributed by atoms with Crippen molar-refractivity contribution >= 4 is 17.5 Å². The molecule has 0 aromatic carbocycles. The van der Waals surface area contributed by atoms with Crippen LogP contribution in [0.3, 0.4) is 0 Å². The Labute approximate surface area is 112 Å². The Morgan fingerprint density at radius 3 is 3.00 bits per heavy atom. The molecule has 0 radical (unpaired) electrons. The normalized spacial score (nSPS) is 30.5. The highest BCUT2D eigenvalue weighted by Gasteiger charge is 2.45. The number of ether oxygens (including phenoxy) is 1. The summed E-state index contributed by atoms with van der Waals surface area (Å²) in [6.45, 7) is 5.80. The van der Waals surface area contributed by atoms with Crippen LogP contribution in [0.25, 0.3) is 0 Å². The highest BCUT2D eigenvalue weighted by atomic mass is 16.7. The molecule has 2 atom stereocenters. The van der Waals surface area contributed by atoms with E-state index in [9.17, 15) is 9.59 Å². The SMILES string of the molecule is CCOC(=O)C1=NOC(C)([C@@H]2CC=C(C)C(=O)C2)C1. The molecule has 2 rings (SSSR count). The molecule has 19 heavy (non-hydrogen) atoms. The van der Waals surface area contributed by atoms with Crippen LogP contribution in [0.4, 0.5) is 0 Å². The van der Waals surface area contributed by atoms with Crippen molar-refractivity contribution in [2.75, 3.05) is 6.61 Å². The summed E-state index contributed by atoms with van der Waals surface area (Å²) in [6, 6.07) is 0. The van der Waals surface area contributed by atoms with Crippen molar-refractivity contribution < 1.29 is 19.2 Å². The Morgan fingerprint density at radius 2 is 2.37 bits per heavy atom. The van der Waals surface area contributed by atoms with E-state index in [4.69, 9.17) is 9.57 Å². The van der Waals surface area contributed by atoms with Crippen molar-refractivity contribution in [2.45, 2.75) is 45.6 Å². The first-order valence-electron chi connectivity index (χ1n) is 6.58. The molecule has 0 N–H and O–H groups in total. The van der Waals surface area contributed by atoms with Gasteiger partial charge in [-0.2, -0.15) is 0 Å². The molecule has 0 aromatic heterocycles. The zero-order valence-electron chi connectivity index (χ0n) is 11.6. The summed E-state index contributed by atoms with van der Waals surface area (Å²) in [6.07, 6.45) is 3.56.